The molecule has 0 aromatic carbocycles. The Bertz CT molecular complexity index is 41.4. The minimum Gasteiger partial charge on any atom is -0.412 e. The van der Waals surface area contributed by atoms with Crippen molar-refractivity contribution in [1.82, 2.24) is 0 Å². The first-order valence-electron chi connectivity index (χ1n) is 2.43. The monoisotopic (exact) mass is 102 g/mol. The third-order valence-electron chi connectivity index (χ3n) is 1.05. The maximum atomic E-state index is 3.63. The van der Waals surface area contributed by atoms with E-state index >= 15 is 0 Å². The average Bonchev–Trinajstić information content (AvgIpc) is 1.65. The fourth-order valence-electron chi connectivity index (χ4n) is 0.167. The van der Waals surface area contributed by atoms with Gasteiger partial charge in [0.15, 0.2) is 0 Å². The summed E-state index contributed by atoms with van der Waals surface area (Å²) in [5, 5.41) is 0. The van der Waals surface area contributed by atoms with Crippen molar-refractivity contribution >= 4 is 0 Å². The second-order valence-corrected chi connectivity index (χ2v) is 1.62. The lowest BCUT2D eigenvalue weighted by Gasteiger charge is -1.93. The molecule has 0 aromatic heterocycles. The highest BCUT2D eigenvalue weighted by molar-refractivity contribution is 4.72. The molecule has 0 bridgehead atoms. The molecule has 0 saturated carbocycles. The van der Waals surface area contributed by atoms with Crippen molar-refractivity contribution in [1.29, 1.82) is 0 Å². The summed E-state index contributed by atoms with van der Waals surface area (Å²) in [5.41, 5.74) is 0. The van der Waals surface area contributed by atoms with Crippen molar-refractivity contribution in [2.45, 2.75) is 20.3 Å². The lowest BCUT2D eigenvalue weighted by molar-refractivity contribution is 0.700. The molecule has 0 spiro atoms. The van der Waals surface area contributed by atoms with Gasteiger partial charge < -0.3 is 5.48 Å². The van der Waals surface area contributed by atoms with Gasteiger partial charge in [0.1, 0.15) is 0 Å². The molecule has 0 saturated heterocycles. The van der Waals surface area contributed by atoms with Crippen LogP contribution in [0.1, 0.15) is 20.3 Å². The van der Waals surface area contributed by atoms with Gasteiger partial charge >= 0.3 is 0 Å². The minimum absolute atomic E-state index is 0. The van der Waals surface area contributed by atoms with Gasteiger partial charge in [0.2, 0.25) is 0 Å². The van der Waals surface area contributed by atoms with Crippen molar-refractivity contribution in [2.75, 3.05) is 0 Å². The summed E-state index contributed by atoms with van der Waals surface area (Å²) in [4.78, 5) is 0. The predicted octanol–water partition coefficient (Wildman–Crippen LogP) is 1.39. The Morgan fingerprint density at radius 2 is 2.14 bits per heavy atom. The van der Waals surface area contributed by atoms with Crippen LogP contribution in [0.15, 0.2) is 12.7 Å². The van der Waals surface area contributed by atoms with Crippen LogP contribution in [0, 0.1) is 5.92 Å². The topological polar surface area (TPSA) is 31.5 Å². The van der Waals surface area contributed by atoms with E-state index in [2.05, 4.69) is 20.4 Å². The van der Waals surface area contributed by atoms with E-state index in [4.69, 9.17) is 0 Å². The van der Waals surface area contributed by atoms with Gasteiger partial charge in [0.05, 0.1) is 0 Å². The van der Waals surface area contributed by atoms with Crippen LogP contribution in [-0.2, 0) is 0 Å². The molecule has 0 fully saturated rings. The zero-order valence-electron chi connectivity index (χ0n) is 5.07. The van der Waals surface area contributed by atoms with E-state index in [1.807, 2.05) is 6.08 Å². The largest absolute Gasteiger partial charge is 0.412 e. The number of allylic oxidation sites excluding steroid dienone is 1. The van der Waals surface area contributed by atoms with Crippen LogP contribution in [0.3, 0.4) is 0 Å². The Hall–Kier alpha value is -0.300. The quantitative estimate of drug-likeness (QED) is 0.472. The average molecular weight is 102 g/mol. The summed E-state index contributed by atoms with van der Waals surface area (Å²) in [6, 6.07) is 0. The Morgan fingerprint density at radius 1 is 1.71 bits per heavy atom. The highest BCUT2D eigenvalue weighted by atomic mass is 16.0. The van der Waals surface area contributed by atoms with Crippen molar-refractivity contribution < 1.29 is 5.48 Å². The van der Waals surface area contributed by atoms with Crippen LogP contribution < -0.4 is 0 Å². The SMILES string of the molecule is C=CC(C)CC.O. The molecule has 1 unspecified atom stereocenters. The predicted molar refractivity (Wildman–Crippen MR) is 33.3 cm³/mol. The Labute approximate surface area is 45.4 Å². The summed E-state index contributed by atoms with van der Waals surface area (Å²) < 4.78 is 0. The van der Waals surface area contributed by atoms with Gasteiger partial charge in [-0.1, -0.05) is 26.3 Å². The molecule has 0 aromatic rings. The summed E-state index contributed by atoms with van der Waals surface area (Å²) in [6.45, 7) is 7.95. The molecule has 0 radical (unpaired) electrons. The van der Waals surface area contributed by atoms with Crippen LogP contribution in [0.4, 0.5) is 0 Å². The number of hydrogen-bond acceptors (Lipinski definition) is 0. The summed E-state index contributed by atoms with van der Waals surface area (Å²) >= 11 is 0. The minimum atomic E-state index is 0. The van der Waals surface area contributed by atoms with Crippen LogP contribution in [0.2, 0.25) is 0 Å². The fourth-order valence-corrected chi connectivity index (χ4v) is 0.167. The third-order valence-corrected chi connectivity index (χ3v) is 1.05. The van der Waals surface area contributed by atoms with Crippen LogP contribution in [0.25, 0.3) is 0 Å². The van der Waals surface area contributed by atoms with Gasteiger partial charge in [-0.3, -0.25) is 0 Å². The van der Waals surface area contributed by atoms with Crippen molar-refractivity contribution in [3.8, 4) is 0 Å². The fraction of sp³-hybridized carbons (Fsp3) is 0.667. The standard InChI is InChI=1S/C6H12.H2O/c1-4-6(3)5-2;/h4,6H,1,5H2,2-3H3;1H2. The molecular formula is C6H14O. The molecule has 7 heavy (non-hydrogen) atoms. The number of hydrogen-bond donors (Lipinski definition) is 0. The lowest BCUT2D eigenvalue weighted by atomic mass is 10.1. The van der Waals surface area contributed by atoms with Gasteiger partial charge in [-0.25, -0.2) is 0 Å². The van der Waals surface area contributed by atoms with Crippen molar-refractivity contribution in [2.24, 2.45) is 5.92 Å². The van der Waals surface area contributed by atoms with Crippen LogP contribution in [-0.4, -0.2) is 5.48 Å². The second kappa shape index (κ2) is 5.70. The first-order valence-corrected chi connectivity index (χ1v) is 2.43. The zero-order chi connectivity index (χ0) is 4.99. The third kappa shape index (κ3) is 5.70. The Morgan fingerprint density at radius 3 is 2.14 bits per heavy atom. The van der Waals surface area contributed by atoms with E-state index < -0.39 is 0 Å². The first kappa shape index (κ1) is 9.85. The highest BCUT2D eigenvalue weighted by Gasteiger charge is 1.84. The molecule has 0 heterocycles. The Balaban J connectivity index is 0. The smallest absolute Gasteiger partial charge is 0.0267 e. The van der Waals surface area contributed by atoms with E-state index in [1.54, 1.807) is 0 Å². The van der Waals surface area contributed by atoms with E-state index in [1.165, 1.54) is 6.42 Å². The molecule has 0 aliphatic carbocycles. The van der Waals surface area contributed by atoms with Crippen LogP contribution in [0.5, 0.6) is 0 Å². The van der Waals surface area contributed by atoms with Gasteiger partial charge in [-0.15, -0.1) is 6.58 Å². The van der Waals surface area contributed by atoms with Crippen molar-refractivity contribution in [3.63, 3.8) is 0 Å². The maximum absolute atomic E-state index is 3.63. The maximum Gasteiger partial charge on any atom is -0.0267 e. The number of rotatable bonds is 2. The summed E-state index contributed by atoms with van der Waals surface area (Å²) in [7, 11) is 0. The molecule has 0 aliphatic heterocycles. The van der Waals surface area contributed by atoms with Gasteiger partial charge in [-0.2, -0.15) is 0 Å². The molecule has 1 heteroatoms. The molecule has 1 atom stereocenters. The molecule has 1 nitrogen and oxygen atoms in total. The highest BCUT2D eigenvalue weighted by Crippen LogP contribution is 1.98. The zero-order valence-corrected chi connectivity index (χ0v) is 5.07. The molecule has 44 valence electrons. The molecule has 0 rings (SSSR count). The Kier molecular flexibility index (Phi) is 8.02. The summed E-state index contributed by atoms with van der Waals surface area (Å²) in [5.74, 6) is 0.699. The molecule has 2 N–H and O–H groups in total. The van der Waals surface area contributed by atoms with Crippen LogP contribution >= 0.6 is 0 Å². The van der Waals surface area contributed by atoms with E-state index in [0.717, 1.165) is 0 Å². The normalized spacial score (nSPS) is 11.7. The van der Waals surface area contributed by atoms with Gasteiger partial charge in [0.25, 0.3) is 0 Å². The van der Waals surface area contributed by atoms with E-state index in [9.17, 15) is 0 Å². The van der Waals surface area contributed by atoms with Gasteiger partial charge in [-0.05, 0) is 5.92 Å². The van der Waals surface area contributed by atoms with E-state index in [0.29, 0.717) is 5.92 Å². The van der Waals surface area contributed by atoms with E-state index in [-0.39, 0.29) is 5.48 Å². The molecular weight excluding hydrogens is 88.1 g/mol. The van der Waals surface area contributed by atoms with Crippen molar-refractivity contribution in [3.05, 3.63) is 12.7 Å². The van der Waals surface area contributed by atoms with Gasteiger partial charge in [0, 0.05) is 0 Å². The summed E-state index contributed by atoms with van der Waals surface area (Å²) in [6.07, 6.45) is 3.18. The molecule has 0 aliphatic rings. The molecule has 0 amide bonds. The lowest BCUT2D eigenvalue weighted by Crippen LogP contribution is -1.80. The second-order valence-electron chi connectivity index (χ2n) is 1.62. The first-order chi connectivity index (χ1) is 2.81.